The van der Waals surface area contributed by atoms with Gasteiger partial charge in [0.05, 0.1) is 10.5 Å². The minimum atomic E-state index is -3.69. The average Bonchev–Trinajstić information content (AvgIpc) is 2.46. The smallest absolute Gasteiger partial charge is 0.238 e. The monoisotopic (exact) mass is 322 g/mol. The summed E-state index contributed by atoms with van der Waals surface area (Å²) >= 11 is 6.02. The number of rotatable bonds is 4. The van der Waals surface area contributed by atoms with Gasteiger partial charge in [-0.05, 0) is 23.8 Å². The van der Waals surface area contributed by atoms with Gasteiger partial charge in [0.15, 0.2) is 0 Å². The third-order valence-corrected chi connectivity index (χ3v) is 4.03. The average molecular weight is 323 g/mol. The number of halogens is 1. The molecule has 0 saturated carbocycles. The van der Waals surface area contributed by atoms with Crippen molar-refractivity contribution in [2.45, 2.75) is 11.4 Å². The molecule has 0 spiro atoms. The Labute approximate surface area is 127 Å². The Hall–Kier alpha value is -2.14. The minimum absolute atomic E-state index is 0.0499. The van der Waals surface area contributed by atoms with Crippen LogP contribution < -0.4 is 10.5 Å². The molecule has 0 aliphatic carbocycles. The Bertz CT molecular complexity index is 798. The van der Waals surface area contributed by atoms with Crippen molar-refractivity contribution in [1.29, 1.82) is 5.26 Å². The first-order valence-electron chi connectivity index (χ1n) is 5.82. The Balaban J connectivity index is 2.13. The first-order chi connectivity index (χ1) is 9.91. The lowest BCUT2D eigenvalue weighted by atomic mass is 10.2. The van der Waals surface area contributed by atoms with Crippen molar-refractivity contribution in [1.82, 2.24) is 4.98 Å². The van der Waals surface area contributed by atoms with E-state index in [1.807, 2.05) is 6.07 Å². The number of hydrogen-bond acceptors (Lipinski definition) is 5. The standard InChI is InChI=1S/C13H11ClN4O2S/c14-12-10(7-15)5-6-17-13(12)18-8-9-1-3-11(4-2-9)21(16,19)20/h1-6H,8H2,(H,17,18)(H2,16,19,20). The molecule has 6 nitrogen and oxygen atoms in total. The molecule has 2 rings (SSSR count). The number of benzene rings is 1. The summed E-state index contributed by atoms with van der Waals surface area (Å²) in [6.07, 6.45) is 1.48. The van der Waals surface area contributed by atoms with Crippen LogP contribution in [0.1, 0.15) is 11.1 Å². The van der Waals surface area contributed by atoms with E-state index in [4.69, 9.17) is 22.0 Å². The second-order valence-electron chi connectivity index (χ2n) is 4.18. The Morgan fingerprint density at radius 3 is 2.52 bits per heavy atom. The third kappa shape index (κ3) is 3.70. The van der Waals surface area contributed by atoms with Gasteiger partial charge in [0.25, 0.3) is 0 Å². The van der Waals surface area contributed by atoms with Crippen LogP contribution >= 0.6 is 11.6 Å². The summed E-state index contributed by atoms with van der Waals surface area (Å²) in [6.45, 7) is 0.381. The van der Waals surface area contributed by atoms with Gasteiger partial charge in [0.2, 0.25) is 10.0 Å². The molecule has 0 amide bonds. The van der Waals surface area contributed by atoms with Gasteiger partial charge in [-0.25, -0.2) is 18.5 Å². The fraction of sp³-hybridized carbons (Fsp3) is 0.0769. The molecule has 0 aliphatic heterocycles. The van der Waals surface area contributed by atoms with Gasteiger partial charge in [0, 0.05) is 12.7 Å². The van der Waals surface area contributed by atoms with E-state index in [1.165, 1.54) is 24.4 Å². The molecular formula is C13H11ClN4O2S. The number of nitrogens with two attached hydrogens (primary N) is 1. The predicted octanol–water partition coefficient (Wildman–Crippen LogP) is 1.87. The second kappa shape index (κ2) is 6.10. The van der Waals surface area contributed by atoms with Gasteiger partial charge in [-0.3, -0.25) is 0 Å². The molecule has 3 N–H and O–H groups in total. The second-order valence-corrected chi connectivity index (χ2v) is 6.11. The lowest BCUT2D eigenvalue weighted by Crippen LogP contribution is -2.12. The Kier molecular flexibility index (Phi) is 4.43. The normalized spacial score (nSPS) is 10.9. The van der Waals surface area contributed by atoms with Crippen LogP contribution in [0.4, 0.5) is 5.82 Å². The molecule has 21 heavy (non-hydrogen) atoms. The number of pyridine rings is 1. The minimum Gasteiger partial charge on any atom is -0.365 e. The van der Waals surface area contributed by atoms with Gasteiger partial charge in [-0.1, -0.05) is 23.7 Å². The van der Waals surface area contributed by atoms with E-state index in [9.17, 15) is 8.42 Å². The highest BCUT2D eigenvalue weighted by atomic mass is 35.5. The zero-order valence-corrected chi connectivity index (χ0v) is 12.3. The molecule has 8 heteroatoms. The highest BCUT2D eigenvalue weighted by Crippen LogP contribution is 2.23. The third-order valence-electron chi connectivity index (χ3n) is 2.72. The van der Waals surface area contributed by atoms with E-state index < -0.39 is 10.0 Å². The molecular weight excluding hydrogens is 312 g/mol. The van der Waals surface area contributed by atoms with E-state index in [-0.39, 0.29) is 9.92 Å². The van der Waals surface area contributed by atoms with Crippen molar-refractivity contribution < 1.29 is 8.42 Å². The number of nitriles is 1. The predicted molar refractivity (Wildman–Crippen MR) is 79.1 cm³/mol. The number of nitrogens with one attached hydrogen (secondary N) is 1. The summed E-state index contributed by atoms with van der Waals surface area (Å²) in [5.41, 5.74) is 1.15. The van der Waals surface area contributed by atoms with Crippen LogP contribution in [0.2, 0.25) is 5.02 Å². The van der Waals surface area contributed by atoms with E-state index in [2.05, 4.69) is 10.3 Å². The van der Waals surface area contributed by atoms with Crippen molar-refractivity contribution in [3.63, 3.8) is 0 Å². The molecule has 108 valence electrons. The molecule has 0 saturated heterocycles. The maximum atomic E-state index is 11.1. The Morgan fingerprint density at radius 1 is 1.29 bits per heavy atom. The first-order valence-corrected chi connectivity index (χ1v) is 7.74. The van der Waals surface area contributed by atoms with Gasteiger partial charge in [-0.2, -0.15) is 5.26 Å². The highest BCUT2D eigenvalue weighted by molar-refractivity contribution is 7.89. The molecule has 0 unspecified atom stereocenters. The van der Waals surface area contributed by atoms with Gasteiger partial charge in [0.1, 0.15) is 16.9 Å². The molecule has 0 bridgehead atoms. The van der Waals surface area contributed by atoms with Crippen LogP contribution in [0.5, 0.6) is 0 Å². The zero-order valence-electron chi connectivity index (χ0n) is 10.7. The maximum absolute atomic E-state index is 11.1. The highest BCUT2D eigenvalue weighted by Gasteiger charge is 2.08. The fourth-order valence-corrected chi connectivity index (χ4v) is 2.37. The van der Waals surface area contributed by atoms with Crippen molar-refractivity contribution >= 4 is 27.4 Å². The van der Waals surface area contributed by atoms with Crippen molar-refractivity contribution in [2.24, 2.45) is 5.14 Å². The van der Waals surface area contributed by atoms with Gasteiger partial charge >= 0.3 is 0 Å². The summed E-state index contributed by atoms with van der Waals surface area (Å²) in [6, 6.07) is 9.60. The number of anilines is 1. The van der Waals surface area contributed by atoms with Crippen LogP contribution in [0, 0.1) is 11.3 Å². The number of aromatic nitrogens is 1. The topological polar surface area (TPSA) is 109 Å². The molecule has 0 radical (unpaired) electrons. The number of hydrogen-bond donors (Lipinski definition) is 2. The molecule has 1 aromatic carbocycles. The largest absolute Gasteiger partial charge is 0.365 e. The number of nitrogens with zero attached hydrogens (tertiary/aromatic N) is 2. The van der Waals surface area contributed by atoms with Gasteiger partial charge in [-0.15, -0.1) is 0 Å². The van der Waals surface area contributed by atoms with E-state index in [1.54, 1.807) is 12.1 Å². The van der Waals surface area contributed by atoms with E-state index in [0.717, 1.165) is 5.56 Å². The summed E-state index contributed by atoms with van der Waals surface area (Å²) in [7, 11) is -3.69. The zero-order chi connectivity index (χ0) is 15.5. The lowest BCUT2D eigenvalue weighted by Gasteiger charge is -2.08. The van der Waals surface area contributed by atoms with Crippen LogP contribution in [0.25, 0.3) is 0 Å². The summed E-state index contributed by atoms with van der Waals surface area (Å²) < 4.78 is 22.3. The number of sulfonamides is 1. The van der Waals surface area contributed by atoms with Crippen LogP contribution in [0.15, 0.2) is 41.4 Å². The number of primary sulfonamides is 1. The fourth-order valence-electron chi connectivity index (χ4n) is 1.64. The quantitative estimate of drug-likeness (QED) is 0.893. The SMILES string of the molecule is N#Cc1ccnc(NCc2ccc(S(N)(=O)=O)cc2)c1Cl. The molecule has 1 heterocycles. The molecule has 2 aromatic rings. The molecule has 0 aliphatic rings. The summed E-state index contributed by atoms with van der Waals surface area (Å²) in [5.74, 6) is 0.395. The first kappa shape index (κ1) is 15.3. The van der Waals surface area contributed by atoms with Crippen molar-refractivity contribution in [3.05, 3.63) is 52.7 Å². The van der Waals surface area contributed by atoms with Crippen LogP contribution in [-0.2, 0) is 16.6 Å². The van der Waals surface area contributed by atoms with E-state index in [0.29, 0.717) is 17.9 Å². The molecule has 0 fully saturated rings. The van der Waals surface area contributed by atoms with Crippen LogP contribution in [-0.4, -0.2) is 13.4 Å². The maximum Gasteiger partial charge on any atom is 0.238 e. The molecule has 0 atom stereocenters. The van der Waals surface area contributed by atoms with Crippen molar-refractivity contribution in [3.8, 4) is 6.07 Å². The molecule has 1 aromatic heterocycles. The van der Waals surface area contributed by atoms with Gasteiger partial charge < -0.3 is 5.32 Å². The van der Waals surface area contributed by atoms with E-state index >= 15 is 0 Å². The van der Waals surface area contributed by atoms with Crippen LogP contribution in [0.3, 0.4) is 0 Å². The summed E-state index contributed by atoms with van der Waals surface area (Å²) in [4.78, 5) is 4.10. The lowest BCUT2D eigenvalue weighted by molar-refractivity contribution is 0.598. The van der Waals surface area contributed by atoms with Crippen molar-refractivity contribution in [2.75, 3.05) is 5.32 Å². The Morgan fingerprint density at radius 2 is 1.95 bits per heavy atom. The summed E-state index contributed by atoms with van der Waals surface area (Å²) in [5, 5.41) is 17.1.